The molecule has 0 aromatic heterocycles. The zero-order chi connectivity index (χ0) is 57.2. The van der Waals surface area contributed by atoms with E-state index in [4.69, 9.17) is 13.8 Å². The predicted octanol–water partition coefficient (Wildman–Crippen LogP) is 20.6. The number of phosphoric acid groups is 1. The molecule has 0 aromatic rings. The second kappa shape index (κ2) is 57.9. The second-order valence-corrected chi connectivity index (χ2v) is 25.1. The van der Waals surface area contributed by atoms with Crippen LogP contribution in [0.5, 0.6) is 0 Å². The minimum Gasteiger partial charge on any atom is -0.456 e. The van der Waals surface area contributed by atoms with E-state index < -0.39 is 20.0 Å². The fourth-order valence-corrected chi connectivity index (χ4v) is 10.3. The van der Waals surface area contributed by atoms with Gasteiger partial charge in [-0.25, -0.2) is 4.57 Å². The Morgan fingerprint density at radius 3 is 1.24 bits per heavy atom. The lowest BCUT2D eigenvalue weighted by atomic mass is 10.0. The summed E-state index contributed by atoms with van der Waals surface area (Å²) in [7, 11) is 1.49. The Morgan fingerprint density at radius 2 is 0.821 bits per heavy atom. The molecule has 0 fully saturated rings. The summed E-state index contributed by atoms with van der Waals surface area (Å²) < 4.78 is 30.7. The number of allylic oxidation sites excluding steroid dienone is 9. The Bertz CT molecular complexity index is 1520. The maximum atomic E-state index is 13.6. The third kappa shape index (κ3) is 58.4. The van der Waals surface area contributed by atoms with Crippen LogP contribution in [-0.4, -0.2) is 74.3 Å². The minimum atomic E-state index is -4.46. The first kappa shape index (κ1) is 75.7. The largest absolute Gasteiger partial charge is 0.472 e. The maximum Gasteiger partial charge on any atom is 0.472 e. The van der Waals surface area contributed by atoms with Gasteiger partial charge in [-0.1, -0.05) is 268 Å². The summed E-state index contributed by atoms with van der Waals surface area (Å²) in [6, 6.07) is -0.858. The third-order valence-corrected chi connectivity index (χ3v) is 15.7. The highest BCUT2D eigenvalue weighted by Crippen LogP contribution is 2.43. The highest BCUT2D eigenvalue weighted by molar-refractivity contribution is 7.47. The standard InChI is InChI=1S/C68H127N2O7P/c1-7-10-13-16-19-22-25-28-30-31-32-33-34-35-36-37-38-39-40-42-45-48-51-54-57-60-67(71)69-65(64-76-78(73,74)75-63-62-70(4,5)6)66(59-56-53-50-47-44-41-27-24-21-18-15-12-9-3)77-68(72)61-58-55-52-49-46-43-29-26-23-20-17-14-11-8-2/h11,14,20,23,28-30,43,56,59,65-66H,7-10,12-13,15-19,21-22,24-27,31-42,44-55,57-58,60-64H2,1-6H3,(H-,69,71,73,74)/p+1/b14-11+,23-20+,30-28+,43-29+,59-56-. The van der Waals surface area contributed by atoms with Gasteiger partial charge in [0.05, 0.1) is 33.8 Å². The van der Waals surface area contributed by atoms with Gasteiger partial charge in [0.15, 0.2) is 0 Å². The molecule has 3 unspecified atom stereocenters. The van der Waals surface area contributed by atoms with Crippen molar-refractivity contribution in [3.63, 3.8) is 0 Å². The number of carbonyl (C=O) groups is 2. The minimum absolute atomic E-state index is 0.0363. The lowest BCUT2D eigenvalue weighted by molar-refractivity contribution is -0.870. The van der Waals surface area contributed by atoms with Crippen LogP contribution in [0.3, 0.4) is 0 Å². The number of nitrogens with one attached hydrogen (secondary N) is 1. The summed E-state index contributed by atoms with van der Waals surface area (Å²) in [6.45, 7) is 6.91. The number of carbonyl (C=O) groups excluding carboxylic acids is 2. The van der Waals surface area contributed by atoms with E-state index in [1.54, 1.807) is 0 Å². The van der Waals surface area contributed by atoms with Crippen molar-refractivity contribution in [1.82, 2.24) is 5.32 Å². The summed E-state index contributed by atoms with van der Waals surface area (Å²) in [4.78, 5) is 37.8. The average molecular weight is 1120 g/mol. The molecule has 78 heavy (non-hydrogen) atoms. The number of ether oxygens (including phenoxy) is 1. The number of hydrogen-bond donors (Lipinski definition) is 2. The van der Waals surface area contributed by atoms with Crippen molar-refractivity contribution >= 4 is 19.7 Å². The third-order valence-electron chi connectivity index (χ3n) is 14.7. The fourth-order valence-electron chi connectivity index (χ4n) is 9.60. The monoisotopic (exact) mass is 1120 g/mol. The maximum absolute atomic E-state index is 13.6. The Morgan fingerprint density at radius 1 is 0.462 bits per heavy atom. The highest BCUT2D eigenvalue weighted by Gasteiger charge is 2.30. The molecular weight excluding hydrogens is 988 g/mol. The number of esters is 1. The molecule has 0 bridgehead atoms. The van der Waals surface area contributed by atoms with Crippen LogP contribution in [0.1, 0.15) is 310 Å². The van der Waals surface area contributed by atoms with Crippen molar-refractivity contribution in [1.29, 1.82) is 0 Å². The number of amides is 1. The Hall–Kier alpha value is -2.29. The van der Waals surface area contributed by atoms with E-state index in [0.717, 1.165) is 83.5 Å². The number of hydrogen-bond acceptors (Lipinski definition) is 6. The first-order valence-electron chi connectivity index (χ1n) is 33.1. The molecular formula is C68H128N2O7P+. The SMILES string of the molecule is CC/C=C/C/C=C/C/C=C/CCCCCCC(=O)OC(/C=C\CCCCCCCCCCCCC)C(COP(=O)(O)OCC[N+](C)(C)C)NC(=O)CCCCCCCCCCCCCCCCC/C=C/CCCCCCCC. The molecule has 0 aliphatic rings. The molecule has 0 saturated heterocycles. The molecule has 0 aliphatic heterocycles. The Kier molecular flexibility index (Phi) is 56.2. The van der Waals surface area contributed by atoms with Crippen molar-refractivity contribution < 1.29 is 37.3 Å². The Balaban J connectivity index is 5.10. The van der Waals surface area contributed by atoms with Crippen LogP contribution in [0.2, 0.25) is 0 Å². The zero-order valence-corrected chi connectivity index (χ0v) is 53.1. The quantitative estimate of drug-likeness (QED) is 0.0205. The molecule has 0 rings (SSSR count). The molecule has 9 nitrogen and oxygen atoms in total. The first-order chi connectivity index (χ1) is 37.9. The van der Waals surface area contributed by atoms with Gasteiger partial charge < -0.3 is 19.4 Å². The molecule has 2 N–H and O–H groups in total. The van der Waals surface area contributed by atoms with Crippen LogP contribution in [0.15, 0.2) is 60.8 Å². The van der Waals surface area contributed by atoms with Crippen LogP contribution in [0.4, 0.5) is 0 Å². The lowest BCUT2D eigenvalue weighted by Crippen LogP contribution is -2.47. The van der Waals surface area contributed by atoms with E-state index >= 15 is 0 Å². The molecule has 0 aliphatic carbocycles. The van der Waals surface area contributed by atoms with Gasteiger partial charge in [-0.2, -0.15) is 0 Å². The van der Waals surface area contributed by atoms with Crippen LogP contribution >= 0.6 is 7.82 Å². The van der Waals surface area contributed by atoms with Gasteiger partial charge in [-0.15, -0.1) is 0 Å². The second-order valence-electron chi connectivity index (χ2n) is 23.6. The highest BCUT2D eigenvalue weighted by atomic mass is 31.2. The number of likely N-dealkylation sites (N-methyl/N-ethyl adjacent to an activating group) is 1. The molecule has 1 amide bonds. The zero-order valence-electron chi connectivity index (χ0n) is 52.2. The number of phosphoric ester groups is 1. The van der Waals surface area contributed by atoms with E-state index in [0.29, 0.717) is 23.9 Å². The van der Waals surface area contributed by atoms with Gasteiger partial charge in [-0.05, 0) is 89.5 Å². The van der Waals surface area contributed by atoms with E-state index in [9.17, 15) is 19.0 Å². The van der Waals surface area contributed by atoms with Crippen molar-refractivity contribution in [2.45, 2.75) is 322 Å². The van der Waals surface area contributed by atoms with Gasteiger partial charge in [-0.3, -0.25) is 18.6 Å². The predicted molar refractivity (Wildman–Crippen MR) is 337 cm³/mol. The van der Waals surface area contributed by atoms with Gasteiger partial charge in [0, 0.05) is 12.8 Å². The van der Waals surface area contributed by atoms with Crippen molar-refractivity contribution in [2.24, 2.45) is 0 Å². The molecule has 456 valence electrons. The fraction of sp³-hybridized carbons (Fsp3) is 0.824. The van der Waals surface area contributed by atoms with Gasteiger partial charge >= 0.3 is 13.8 Å². The van der Waals surface area contributed by atoms with Crippen LogP contribution in [-0.2, 0) is 27.9 Å². The topological polar surface area (TPSA) is 111 Å². The summed E-state index contributed by atoms with van der Waals surface area (Å²) in [6.07, 6.45) is 73.7. The van der Waals surface area contributed by atoms with E-state index in [-0.39, 0.29) is 31.5 Å². The smallest absolute Gasteiger partial charge is 0.456 e. The van der Waals surface area contributed by atoms with Gasteiger partial charge in [0.1, 0.15) is 19.3 Å². The van der Waals surface area contributed by atoms with Crippen molar-refractivity contribution in [2.75, 3.05) is 40.9 Å². The van der Waals surface area contributed by atoms with Gasteiger partial charge in [0.2, 0.25) is 5.91 Å². The molecule has 3 atom stereocenters. The Labute approximate surface area is 483 Å². The molecule has 0 saturated carbocycles. The van der Waals surface area contributed by atoms with Gasteiger partial charge in [0.25, 0.3) is 0 Å². The lowest BCUT2D eigenvalue weighted by Gasteiger charge is -2.27. The first-order valence-corrected chi connectivity index (χ1v) is 34.6. The summed E-state index contributed by atoms with van der Waals surface area (Å²) in [5, 5.41) is 3.06. The van der Waals surface area contributed by atoms with Crippen LogP contribution < -0.4 is 5.32 Å². The molecule has 10 heteroatoms. The number of nitrogens with zero attached hydrogens (tertiary/aromatic N) is 1. The van der Waals surface area contributed by atoms with E-state index in [1.807, 2.05) is 33.3 Å². The van der Waals surface area contributed by atoms with Crippen molar-refractivity contribution in [3.05, 3.63) is 60.8 Å². The summed E-state index contributed by atoms with van der Waals surface area (Å²) in [5.74, 6) is -0.522. The molecule has 0 heterocycles. The van der Waals surface area contributed by atoms with Crippen LogP contribution in [0, 0.1) is 0 Å². The van der Waals surface area contributed by atoms with Crippen molar-refractivity contribution in [3.8, 4) is 0 Å². The molecule has 0 radical (unpaired) electrons. The normalized spacial score (nSPS) is 14.0. The van der Waals surface area contributed by atoms with E-state index in [1.165, 1.54) is 186 Å². The molecule has 0 spiro atoms. The number of rotatable bonds is 60. The van der Waals surface area contributed by atoms with Crippen LogP contribution in [0.25, 0.3) is 0 Å². The number of unbranched alkanes of at least 4 members (excludes halogenated alkanes) is 36. The summed E-state index contributed by atoms with van der Waals surface area (Å²) in [5.41, 5.74) is 0. The number of quaternary nitrogens is 1. The summed E-state index contributed by atoms with van der Waals surface area (Å²) >= 11 is 0. The molecule has 0 aromatic carbocycles. The van der Waals surface area contributed by atoms with E-state index in [2.05, 4.69) is 74.7 Å². The average Bonchev–Trinajstić information content (AvgIpc) is 3.40.